The molecule has 1 N–H and O–H groups in total. The Bertz CT molecular complexity index is 1410. The number of hydrogen-bond acceptors (Lipinski definition) is 4. The summed E-state index contributed by atoms with van der Waals surface area (Å²) in [6, 6.07) is 19.6. The highest BCUT2D eigenvalue weighted by molar-refractivity contribution is 7.92. The highest BCUT2D eigenvalue weighted by Gasteiger charge is 2.33. The predicted molar refractivity (Wildman–Crippen MR) is 156 cm³/mol. The molecule has 9 heteroatoms. The minimum Gasteiger partial charge on any atom is -0.352 e. The first-order valence-corrected chi connectivity index (χ1v) is 14.7. The Morgan fingerprint density at radius 3 is 2.10 bits per heavy atom. The van der Waals surface area contributed by atoms with Gasteiger partial charge in [0.2, 0.25) is 11.8 Å². The van der Waals surface area contributed by atoms with Crippen molar-refractivity contribution in [1.82, 2.24) is 10.2 Å². The van der Waals surface area contributed by atoms with Gasteiger partial charge >= 0.3 is 0 Å². The summed E-state index contributed by atoms with van der Waals surface area (Å²) in [4.78, 5) is 28.7. The molecule has 0 aliphatic rings. The zero-order valence-corrected chi connectivity index (χ0v) is 24.6. The van der Waals surface area contributed by atoms with Crippen LogP contribution in [0, 0.1) is 13.8 Å². The molecule has 0 saturated carbocycles. The van der Waals surface area contributed by atoms with Crippen LogP contribution >= 0.6 is 11.6 Å². The van der Waals surface area contributed by atoms with E-state index in [9.17, 15) is 18.0 Å². The fraction of sp³-hybridized carbons (Fsp3) is 0.333. The van der Waals surface area contributed by atoms with Crippen LogP contribution in [-0.4, -0.2) is 43.8 Å². The maximum absolute atomic E-state index is 14.0. The number of carbonyl (C=O) groups is 2. The lowest BCUT2D eigenvalue weighted by molar-refractivity contribution is -0.140. The normalized spacial score (nSPS) is 12.2. The molecule has 3 aromatic carbocycles. The van der Waals surface area contributed by atoms with E-state index >= 15 is 0 Å². The summed E-state index contributed by atoms with van der Waals surface area (Å²) < 4.78 is 28.8. The lowest BCUT2D eigenvalue weighted by atomic mass is 10.1. The standard InChI is InChI=1S/C30H36ClN3O4S/c1-6-28(30(36)32-21(2)3)33(19-24-11-7-9-22(4)17-24)29(35)20-34(26-12-8-10-23(5)18-26)39(37,38)27-15-13-25(31)14-16-27/h7-18,21,28H,6,19-20H2,1-5H3,(H,32,36)/t28-/m1/s1. The molecular formula is C30H36ClN3O4S. The molecule has 0 heterocycles. The van der Waals surface area contributed by atoms with Crippen molar-refractivity contribution in [2.75, 3.05) is 10.8 Å². The van der Waals surface area contributed by atoms with E-state index in [0.717, 1.165) is 21.0 Å². The van der Waals surface area contributed by atoms with E-state index in [4.69, 9.17) is 11.6 Å². The van der Waals surface area contributed by atoms with Gasteiger partial charge in [-0.25, -0.2) is 8.42 Å². The minimum atomic E-state index is -4.14. The Balaban J connectivity index is 2.07. The number of rotatable bonds is 11. The van der Waals surface area contributed by atoms with Crippen LogP contribution < -0.4 is 9.62 Å². The van der Waals surface area contributed by atoms with Crippen LogP contribution in [0.25, 0.3) is 0 Å². The molecule has 1 atom stereocenters. The summed E-state index contributed by atoms with van der Waals surface area (Å²) in [7, 11) is -4.14. The highest BCUT2D eigenvalue weighted by Crippen LogP contribution is 2.26. The van der Waals surface area contributed by atoms with Gasteiger partial charge < -0.3 is 10.2 Å². The van der Waals surface area contributed by atoms with Crippen molar-refractivity contribution < 1.29 is 18.0 Å². The van der Waals surface area contributed by atoms with Crippen molar-refractivity contribution in [2.24, 2.45) is 0 Å². The number of hydrogen-bond donors (Lipinski definition) is 1. The molecule has 39 heavy (non-hydrogen) atoms. The monoisotopic (exact) mass is 569 g/mol. The van der Waals surface area contributed by atoms with Gasteiger partial charge in [0.25, 0.3) is 10.0 Å². The Morgan fingerprint density at radius 1 is 0.923 bits per heavy atom. The van der Waals surface area contributed by atoms with Crippen LogP contribution in [0.3, 0.4) is 0 Å². The van der Waals surface area contributed by atoms with Crippen molar-refractivity contribution in [3.8, 4) is 0 Å². The molecule has 2 amide bonds. The summed E-state index contributed by atoms with van der Waals surface area (Å²) in [5.41, 5.74) is 3.07. The molecule has 7 nitrogen and oxygen atoms in total. The van der Waals surface area contributed by atoms with Gasteiger partial charge in [0, 0.05) is 17.6 Å². The number of carbonyl (C=O) groups excluding carboxylic acids is 2. The summed E-state index contributed by atoms with van der Waals surface area (Å²) in [5.74, 6) is -0.766. The van der Waals surface area contributed by atoms with E-state index in [0.29, 0.717) is 17.1 Å². The zero-order chi connectivity index (χ0) is 28.7. The van der Waals surface area contributed by atoms with Gasteiger partial charge in [-0.2, -0.15) is 0 Å². The van der Waals surface area contributed by atoms with Gasteiger partial charge in [0.05, 0.1) is 10.6 Å². The van der Waals surface area contributed by atoms with E-state index in [1.165, 1.54) is 29.2 Å². The third kappa shape index (κ3) is 7.83. The second-order valence-electron chi connectivity index (χ2n) is 9.90. The van der Waals surface area contributed by atoms with Gasteiger partial charge in [-0.1, -0.05) is 60.5 Å². The summed E-state index contributed by atoms with van der Waals surface area (Å²) in [5, 5.41) is 3.30. The number of benzene rings is 3. The SMILES string of the molecule is CC[C@H](C(=O)NC(C)C)N(Cc1cccc(C)c1)C(=O)CN(c1cccc(C)c1)S(=O)(=O)c1ccc(Cl)cc1. The third-order valence-corrected chi connectivity index (χ3v) is 8.26. The average molecular weight is 570 g/mol. The molecule has 3 rings (SSSR count). The fourth-order valence-corrected chi connectivity index (χ4v) is 5.89. The zero-order valence-electron chi connectivity index (χ0n) is 23.0. The van der Waals surface area contributed by atoms with Gasteiger partial charge in [-0.15, -0.1) is 0 Å². The van der Waals surface area contributed by atoms with Gasteiger partial charge in [0.15, 0.2) is 0 Å². The smallest absolute Gasteiger partial charge is 0.264 e. The van der Waals surface area contributed by atoms with Crippen molar-refractivity contribution in [1.29, 1.82) is 0 Å². The molecule has 0 unspecified atom stereocenters. The number of halogens is 1. The number of anilines is 1. The highest BCUT2D eigenvalue weighted by atomic mass is 35.5. The lowest BCUT2D eigenvalue weighted by Gasteiger charge is -2.33. The summed E-state index contributed by atoms with van der Waals surface area (Å²) in [6.45, 7) is 9.04. The van der Waals surface area contributed by atoms with Crippen LogP contribution in [0.1, 0.15) is 43.9 Å². The predicted octanol–water partition coefficient (Wildman–Crippen LogP) is 5.48. The first-order chi connectivity index (χ1) is 18.4. The Hall–Kier alpha value is -3.36. The number of aryl methyl sites for hydroxylation is 2. The van der Waals surface area contributed by atoms with Crippen LogP contribution in [0.4, 0.5) is 5.69 Å². The van der Waals surface area contributed by atoms with Crippen LogP contribution in [0.5, 0.6) is 0 Å². The van der Waals surface area contributed by atoms with Crippen LogP contribution in [0.2, 0.25) is 5.02 Å². The molecule has 0 aliphatic heterocycles. The quantitative estimate of drug-likeness (QED) is 0.331. The molecule has 0 bridgehead atoms. The number of sulfonamides is 1. The first-order valence-electron chi connectivity index (χ1n) is 12.9. The Kier molecular flexibility index (Phi) is 10.2. The largest absolute Gasteiger partial charge is 0.352 e. The molecule has 0 radical (unpaired) electrons. The number of nitrogens with one attached hydrogen (secondary N) is 1. The molecule has 0 aromatic heterocycles. The van der Waals surface area contributed by atoms with Crippen molar-refractivity contribution >= 4 is 39.1 Å². The number of amides is 2. The van der Waals surface area contributed by atoms with Gasteiger partial charge in [-0.3, -0.25) is 13.9 Å². The summed E-state index contributed by atoms with van der Waals surface area (Å²) >= 11 is 6.00. The molecule has 0 fully saturated rings. The van der Waals surface area contributed by atoms with Crippen molar-refractivity contribution in [2.45, 2.75) is 64.6 Å². The molecule has 0 saturated heterocycles. The maximum atomic E-state index is 14.0. The second-order valence-corrected chi connectivity index (χ2v) is 12.2. The topological polar surface area (TPSA) is 86.8 Å². The average Bonchev–Trinajstić information content (AvgIpc) is 2.86. The lowest BCUT2D eigenvalue weighted by Crippen LogP contribution is -2.53. The molecule has 0 spiro atoms. The van der Waals surface area contributed by atoms with Gasteiger partial charge in [0.1, 0.15) is 12.6 Å². The van der Waals surface area contributed by atoms with E-state index < -0.39 is 28.5 Å². The van der Waals surface area contributed by atoms with E-state index in [2.05, 4.69) is 5.32 Å². The van der Waals surface area contributed by atoms with Crippen LogP contribution in [0.15, 0.2) is 77.7 Å². The minimum absolute atomic E-state index is 0.0102. The Labute approximate surface area is 236 Å². The second kappa shape index (κ2) is 13.1. The van der Waals surface area contributed by atoms with E-state index in [-0.39, 0.29) is 23.4 Å². The molecular weight excluding hydrogens is 534 g/mol. The first kappa shape index (κ1) is 30.2. The fourth-order valence-electron chi connectivity index (χ4n) is 4.35. The van der Waals surface area contributed by atoms with E-state index in [1.54, 1.807) is 18.2 Å². The van der Waals surface area contributed by atoms with Crippen LogP contribution in [-0.2, 0) is 26.2 Å². The van der Waals surface area contributed by atoms with Crippen molar-refractivity contribution in [3.05, 3.63) is 94.5 Å². The maximum Gasteiger partial charge on any atom is 0.264 e. The molecule has 208 valence electrons. The molecule has 3 aromatic rings. The summed E-state index contributed by atoms with van der Waals surface area (Å²) in [6.07, 6.45) is 0.366. The Morgan fingerprint density at radius 2 is 1.54 bits per heavy atom. The van der Waals surface area contributed by atoms with Gasteiger partial charge in [-0.05, 0) is 81.6 Å². The number of nitrogens with zero attached hydrogens (tertiary/aromatic N) is 2. The van der Waals surface area contributed by atoms with Crippen molar-refractivity contribution in [3.63, 3.8) is 0 Å². The molecule has 0 aliphatic carbocycles. The van der Waals surface area contributed by atoms with E-state index in [1.807, 2.05) is 65.0 Å². The third-order valence-electron chi connectivity index (χ3n) is 6.22.